The number of aliphatic hydroxyl groups excluding tert-OH is 4. The van der Waals surface area contributed by atoms with Crippen molar-refractivity contribution in [1.29, 1.82) is 0 Å². The summed E-state index contributed by atoms with van der Waals surface area (Å²) in [4.78, 5) is 12.9. The average molecular weight is 607 g/mol. The van der Waals surface area contributed by atoms with E-state index >= 15 is 0 Å². The van der Waals surface area contributed by atoms with Gasteiger partial charge in [-0.15, -0.1) is 0 Å². The molecular formula is C30H38O13. The van der Waals surface area contributed by atoms with Crippen molar-refractivity contribution in [2.45, 2.75) is 82.5 Å². The topological polar surface area (TPSA) is 194 Å². The normalized spacial score (nSPS) is 36.0. The van der Waals surface area contributed by atoms with Gasteiger partial charge in [0.15, 0.2) is 23.6 Å². The Morgan fingerprint density at radius 1 is 0.860 bits per heavy atom. The summed E-state index contributed by atoms with van der Waals surface area (Å²) in [6, 6.07) is 7.19. The maximum atomic E-state index is 12.9. The van der Waals surface area contributed by atoms with Crippen LogP contribution >= 0.6 is 0 Å². The van der Waals surface area contributed by atoms with Crippen molar-refractivity contribution in [1.82, 2.24) is 0 Å². The lowest BCUT2D eigenvalue weighted by molar-refractivity contribution is -0.305. The number of benzene rings is 2. The van der Waals surface area contributed by atoms with Crippen molar-refractivity contribution >= 4 is 5.78 Å². The molecule has 3 heterocycles. The van der Waals surface area contributed by atoms with Crippen LogP contribution in [0.15, 0.2) is 30.3 Å². The van der Waals surface area contributed by atoms with Gasteiger partial charge in [0.2, 0.25) is 6.29 Å². The molecule has 0 spiro atoms. The quantitative estimate of drug-likeness (QED) is 0.265. The van der Waals surface area contributed by atoms with Crippen molar-refractivity contribution in [3.8, 4) is 28.7 Å². The molecule has 2 aromatic carbocycles. The van der Waals surface area contributed by atoms with Crippen molar-refractivity contribution < 1.29 is 63.9 Å². The summed E-state index contributed by atoms with van der Waals surface area (Å²) in [7, 11) is 1.42. The number of rotatable bonds is 7. The van der Waals surface area contributed by atoms with E-state index in [1.54, 1.807) is 32.9 Å². The van der Waals surface area contributed by atoms with E-state index in [9.17, 15) is 35.4 Å². The molecule has 0 radical (unpaired) electrons. The summed E-state index contributed by atoms with van der Waals surface area (Å²) in [5, 5.41) is 63.0. The summed E-state index contributed by atoms with van der Waals surface area (Å²) in [6.45, 7) is 4.88. The molecule has 5 rings (SSSR count). The number of aliphatic hydroxyl groups is 4. The summed E-state index contributed by atoms with van der Waals surface area (Å²) in [5.74, 6) is -1.72. The second-order valence-electron chi connectivity index (χ2n) is 11.4. The Hall–Kier alpha value is -3.17. The zero-order valence-electron chi connectivity index (χ0n) is 24.2. The summed E-state index contributed by atoms with van der Waals surface area (Å²) >= 11 is 0. The summed E-state index contributed by atoms with van der Waals surface area (Å²) in [5.41, 5.74) is 0.477. The predicted octanol–water partition coefficient (Wildman–Crippen LogP) is 1.39. The number of methoxy groups -OCH3 is 1. The first kappa shape index (κ1) is 31.3. The molecule has 13 heteroatoms. The predicted molar refractivity (Wildman–Crippen MR) is 147 cm³/mol. The number of fused-ring (bicyclic) bond motifs is 1. The Balaban J connectivity index is 1.30. The van der Waals surface area contributed by atoms with Crippen molar-refractivity contribution in [3.63, 3.8) is 0 Å². The second-order valence-corrected chi connectivity index (χ2v) is 11.4. The van der Waals surface area contributed by atoms with E-state index in [2.05, 4.69) is 0 Å². The lowest BCUT2D eigenvalue weighted by Gasteiger charge is -2.43. The Bertz CT molecular complexity index is 1320. The van der Waals surface area contributed by atoms with Crippen LogP contribution in [0.4, 0.5) is 0 Å². The Kier molecular flexibility index (Phi) is 9.05. The van der Waals surface area contributed by atoms with Gasteiger partial charge in [0.25, 0.3) is 0 Å². The van der Waals surface area contributed by atoms with Crippen molar-refractivity contribution in [3.05, 3.63) is 41.5 Å². The van der Waals surface area contributed by atoms with Gasteiger partial charge in [-0.05, 0) is 24.6 Å². The molecule has 0 aromatic heterocycles. The Labute approximate surface area is 248 Å². The van der Waals surface area contributed by atoms with Gasteiger partial charge < -0.3 is 59.1 Å². The monoisotopic (exact) mass is 606 g/mol. The minimum absolute atomic E-state index is 0.00424. The van der Waals surface area contributed by atoms with Crippen LogP contribution < -0.4 is 14.2 Å². The van der Waals surface area contributed by atoms with Gasteiger partial charge in [-0.25, -0.2) is 0 Å². The molecule has 6 N–H and O–H groups in total. The number of aromatic hydroxyl groups is 2. The third-order valence-electron chi connectivity index (χ3n) is 8.47. The highest BCUT2D eigenvalue weighted by Gasteiger charge is 2.46. The first-order chi connectivity index (χ1) is 20.4. The van der Waals surface area contributed by atoms with Crippen LogP contribution in [0.5, 0.6) is 28.7 Å². The zero-order chi connectivity index (χ0) is 31.2. The summed E-state index contributed by atoms with van der Waals surface area (Å²) < 4.78 is 34.2. The van der Waals surface area contributed by atoms with Crippen LogP contribution in [0.25, 0.3) is 0 Å². The van der Waals surface area contributed by atoms with Crippen LogP contribution in [0.2, 0.25) is 0 Å². The zero-order valence-corrected chi connectivity index (χ0v) is 24.2. The maximum Gasteiger partial charge on any atom is 0.229 e. The molecule has 2 fully saturated rings. The lowest BCUT2D eigenvalue weighted by Crippen LogP contribution is -2.58. The molecule has 0 aliphatic carbocycles. The molecule has 11 atom stereocenters. The largest absolute Gasteiger partial charge is 0.507 e. The van der Waals surface area contributed by atoms with Gasteiger partial charge in [0.1, 0.15) is 41.1 Å². The fourth-order valence-electron chi connectivity index (χ4n) is 5.64. The molecule has 236 valence electrons. The number of Topliss-reactive ketones (excluding diaryl/α,β-unsaturated/α-hetero) is 1. The number of hydrogen-bond donors (Lipinski definition) is 6. The van der Waals surface area contributed by atoms with E-state index in [4.69, 9.17) is 28.4 Å². The number of ketones is 1. The highest BCUT2D eigenvalue weighted by Crippen LogP contribution is 2.43. The SMILES string of the molecule is COc1ccc(C2CC(=O)c3c(O)cc(O[C@@H]4OC(COC5OC(C)[C@H](O)C(C)C5O)[C@@H](C)C(O)C4O)cc3O2)cc1O. The number of phenols is 2. The number of carbonyl (C=O) groups is 1. The Morgan fingerprint density at radius 3 is 2.30 bits per heavy atom. The van der Waals surface area contributed by atoms with E-state index in [1.165, 1.54) is 25.3 Å². The number of hydrogen-bond acceptors (Lipinski definition) is 13. The van der Waals surface area contributed by atoms with Gasteiger partial charge in [0.05, 0.1) is 44.6 Å². The lowest BCUT2D eigenvalue weighted by atomic mass is 9.90. The molecule has 0 saturated carbocycles. The molecule has 8 unspecified atom stereocenters. The Morgan fingerprint density at radius 2 is 1.60 bits per heavy atom. The number of phenolic OH excluding ortho intramolecular Hbond substituents is 2. The third kappa shape index (κ3) is 6.11. The molecule has 13 nitrogen and oxygen atoms in total. The maximum absolute atomic E-state index is 12.9. The standard InChI is InChI=1S/C30H38O13/c1-12-23(11-39-29-27(36)13(2)25(34)14(3)40-29)43-30(28(37)26(12)35)41-16-8-18(32)24-19(33)10-21(42-22(24)9-16)15-5-6-20(38-4)17(31)7-15/h5-9,12-14,21,23,25-32,34-37H,10-11H2,1-4H3/t12-,13?,14?,21?,23?,25-,26?,27?,28?,29?,30-/m1/s1. The first-order valence-corrected chi connectivity index (χ1v) is 14.1. The van der Waals surface area contributed by atoms with Crippen LogP contribution in [-0.2, 0) is 14.2 Å². The number of carbonyl (C=O) groups excluding carboxylic acids is 1. The fraction of sp³-hybridized carbons (Fsp3) is 0.567. The first-order valence-electron chi connectivity index (χ1n) is 14.1. The average Bonchev–Trinajstić information content (AvgIpc) is 2.97. The fourth-order valence-corrected chi connectivity index (χ4v) is 5.64. The van der Waals surface area contributed by atoms with Crippen molar-refractivity contribution in [2.75, 3.05) is 13.7 Å². The van der Waals surface area contributed by atoms with Crippen molar-refractivity contribution in [2.24, 2.45) is 11.8 Å². The van der Waals surface area contributed by atoms with Gasteiger partial charge in [0, 0.05) is 24.0 Å². The van der Waals surface area contributed by atoms with E-state index in [0.717, 1.165) is 0 Å². The van der Waals surface area contributed by atoms with E-state index in [0.29, 0.717) is 5.56 Å². The smallest absolute Gasteiger partial charge is 0.229 e. The van der Waals surface area contributed by atoms with Gasteiger partial charge >= 0.3 is 0 Å². The molecule has 2 saturated heterocycles. The molecular weight excluding hydrogens is 568 g/mol. The molecule has 0 bridgehead atoms. The van der Waals surface area contributed by atoms with Gasteiger partial charge in [-0.1, -0.05) is 19.9 Å². The molecule has 3 aliphatic rings. The minimum Gasteiger partial charge on any atom is -0.507 e. The van der Waals surface area contributed by atoms with Crippen LogP contribution in [0, 0.1) is 11.8 Å². The molecule has 2 aromatic rings. The highest BCUT2D eigenvalue weighted by molar-refractivity contribution is 6.02. The van der Waals surface area contributed by atoms with E-state index in [1.807, 2.05) is 0 Å². The van der Waals surface area contributed by atoms with Crippen LogP contribution in [-0.4, -0.2) is 99.3 Å². The number of ether oxygens (including phenoxy) is 6. The van der Waals surface area contributed by atoms with Crippen LogP contribution in [0.3, 0.4) is 0 Å². The van der Waals surface area contributed by atoms with E-state index in [-0.39, 0.29) is 47.4 Å². The second kappa shape index (κ2) is 12.4. The third-order valence-corrected chi connectivity index (χ3v) is 8.47. The highest BCUT2D eigenvalue weighted by atomic mass is 16.7. The van der Waals surface area contributed by atoms with Gasteiger partial charge in [-0.2, -0.15) is 0 Å². The minimum atomic E-state index is -1.48. The molecule has 43 heavy (non-hydrogen) atoms. The molecule has 3 aliphatic heterocycles. The molecule has 0 amide bonds. The van der Waals surface area contributed by atoms with E-state index < -0.39 is 72.9 Å². The summed E-state index contributed by atoms with van der Waals surface area (Å²) in [6.07, 6.45) is -9.38. The van der Waals surface area contributed by atoms with Gasteiger partial charge in [-0.3, -0.25) is 4.79 Å². The van der Waals surface area contributed by atoms with Crippen LogP contribution in [0.1, 0.15) is 49.2 Å².